The Labute approximate surface area is 124 Å². The minimum absolute atomic E-state index is 0.0140. The summed E-state index contributed by atoms with van der Waals surface area (Å²) in [4.78, 5) is 13.7. The zero-order valence-corrected chi connectivity index (χ0v) is 12.4. The number of hydrogen-bond acceptors (Lipinski definition) is 4. The van der Waals surface area contributed by atoms with Gasteiger partial charge in [-0.25, -0.2) is 4.39 Å². The molecule has 0 aliphatic carbocycles. The van der Waals surface area contributed by atoms with E-state index in [4.69, 9.17) is 9.47 Å². The molecular formula is C15H21FN2O3. The molecule has 0 aromatic heterocycles. The minimum Gasteiger partial charge on any atom is -0.494 e. The lowest BCUT2D eigenvalue weighted by Crippen LogP contribution is -2.41. The fourth-order valence-electron chi connectivity index (χ4n) is 2.27. The van der Waals surface area contributed by atoms with Crippen LogP contribution in [-0.4, -0.2) is 50.8 Å². The van der Waals surface area contributed by atoms with E-state index in [1.807, 2.05) is 0 Å². The molecule has 0 radical (unpaired) electrons. The summed E-state index contributed by atoms with van der Waals surface area (Å²) >= 11 is 0. The van der Waals surface area contributed by atoms with Gasteiger partial charge in [0.1, 0.15) is 0 Å². The monoisotopic (exact) mass is 296 g/mol. The molecule has 6 heteroatoms. The highest BCUT2D eigenvalue weighted by molar-refractivity contribution is 5.76. The summed E-state index contributed by atoms with van der Waals surface area (Å²) in [5.74, 6) is -0.231. The highest BCUT2D eigenvalue weighted by atomic mass is 19.1. The number of ether oxygens (including phenoxy) is 2. The van der Waals surface area contributed by atoms with Crippen LogP contribution in [0.4, 0.5) is 4.39 Å². The zero-order valence-electron chi connectivity index (χ0n) is 12.4. The average Bonchev–Trinajstić information content (AvgIpc) is 2.48. The van der Waals surface area contributed by atoms with Crippen molar-refractivity contribution in [2.45, 2.75) is 19.1 Å². The predicted molar refractivity (Wildman–Crippen MR) is 76.7 cm³/mol. The van der Waals surface area contributed by atoms with Crippen molar-refractivity contribution in [3.63, 3.8) is 0 Å². The smallest absolute Gasteiger partial charge is 0.225 e. The van der Waals surface area contributed by atoms with E-state index in [1.54, 1.807) is 24.1 Å². The Morgan fingerprint density at radius 3 is 3.00 bits per heavy atom. The normalized spacial score (nSPS) is 18.3. The van der Waals surface area contributed by atoms with E-state index in [-0.39, 0.29) is 17.8 Å². The van der Waals surface area contributed by atoms with Crippen LogP contribution in [-0.2, 0) is 16.1 Å². The van der Waals surface area contributed by atoms with Crippen LogP contribution >= 0.6 is 0 Å². The number of hydrogen-bond donors (Lipinski definition) is 1. The van der Waals surface area contributed by atoms with Gasteiger partial charge in [0, 0.05) is 26.7 Å². The summed E-state index contributed by atoms with van der Waals surface area (Å²) in [6, 6.07) is 4.71. The Balaban J connectivity index is 1.89. The second-order valence-corrected chi connectivity index (χ2v) is 5.12. The number of halogens is 1. The number of carbonyl (C=O) groups is 1. The number of nitrogens with one attached hydrogen (secondary N) is 1. The molecule has 1 aromatic carbocycles. The molecule has 2 rings (SSSR count). The van der Waals surface area contributed by atoms with Gasteiger partial charge in [-0.2, -0.15) is 0 Å². The van der Waals surface area contributed by atoms with Crippen LogP contribution in [0.25, 0.3) is 0 Å². The lowest BCUT2D eigenvalue weighted by molar-refractivity contribution is -0.133. The van der Waals surface area contributed by atoms with Gasteiger partial charge >= 0.3 is 0 Å². The molecule has 0 spiro atoms. The first-order valence-electron chi connectivity index (χ1n) is 6.99. The molecule has 1 atom stereocenters. The van der Waals surface area contributed by atoms with Crippen LogP contribution in [0.3, 0.4) is 0 Å². The second kappa shape index (κ2) is 7.38. The number of benzene rings is 1. The zero-order chi connectivity index (χ0) is 15.2. The highest BCUT2D eigenvalue weighted by Crippen LogP contribution is 2.18. The van der Waals surface area contributed by atoms with Crippen molar-refractivity contribution in [3.8, 4) is 5.75 Å². The van der Waals surface area contributed by atoms with Crippen LogP contribution in [0, 0.1) is 5.82 Å². The standard InChI is InChI=1S/C15H21FN2O3/c1-18(15(19)8-12-9-17-5-6-21-12)10-11-3-4-14(20-2)13(16)7-11/h3-4,7,12,17H,5-6,8-10H2,1-2H3. The lowest BCUT2D eigenvalue weighted by Gasteiger charge is -2.25. The molecule has 21 heavy (non-hydrogen) atoms. The Hall–Kier alpha value is -1.66. The molecule has 1 aliphatic heterocycles. The van der Waals surface area contributed by atoms with Gasteiger partial charge in [-0.1, -0.05) is 6.07 Å². The van der Waals surface area contributed by atoms with Crippen LogP contribution < -0.4 is 10.1 Å². The highest BCUT2D eigenvalue weighted by Gasteiger charge is 2.20. The summed E-state index contributed by atoms with van der Waals surface area (Å²) in [5.41, 5.74) is 0.729. The first kappa shape index (κ1) is 15.7. The van der Waals surface area contributed by atoms with Crippen LogP contribution in [0.2, 0.25) is 0 Å². The molecular weight excluding hydrogens is 275 g/mol. The Morgan fingerprint density at radius 1 is 1.57 bits per heavy atom. The maximum atomic E-state index is 13.6. The van der Waals surface area contributed by atoms with Gasteiger partial charge < -0.3 is 19.7 Å². The third kappa shape index (κ3) is 4.41. The summed E-state index contributed by atoms with van der Waals surface area (Å²) in [6.45, 7) is 2.51. The number of nitrogens with zero attached hydrogens (tertiary/aromatic N) is 1. The third-order valence-corrected chi connectivity index (χ3v) is 3.47. The summed E-state index contributed by atoms with van der Waals surface area (Å²) in [5, 5.41) is 3.19. The van der Waals surface area contributed by atoms with Crippen molar-refractivity contribution < 1.29 is 18.7 Å². The van der Waals surface area contributed by atoms with Crippen LogP contribution in [0.5, 0.6) is 5.75 Å². The van der Waals surface area contributed by atoms with E-state index in [2.05, 4.69) is 5.32 Å². The van der Waals surface area contributed by atoms with Crippen molar-refractivity contribution in [3.05, 3.63) is 29.6 Å². The SMILES string of the molecule is COc1ccc(CN(C)C(=O)CC2CNCCO2)cc1F. The van der Waals surface area contributed by atoms with Crippen molar-refractivity contribution >= 4 is 5.91 Å². The van der Waals surface area contributed by atoms with Crippen molar-refractivity contribution in [2.24, 2.45) is 0 Å². The molecule has 1 unspecified atom stereocenters. The molecule has 1 aromatic rings. The van der Waals surface area contributed by atoms with Crippen LogP contribution in [0.1, 0.15) is 12.0 Å². The van der Waals surface area contributed by atoms with E-state index in [0.29, 0.717) is 26.1 Å². The molecule has 1 amide bonds. The first-order chi connectivity index (χ1) is 10.1. The summed E-state index contributed by atoms with van der Waals surface area (Å²) in [7, 11) is 3.13. The fraction of sp³-hybridized carbons (Fsp3) is 0.533. The molecule has 1 aliphatic rings. The molecule has 1 fully saturated rings. The summed E-state index contributed by atoms with van der Waals surface area (Å²) < 4.78 is 24.0. The van der Waals surface area contributed by atoms with E-state index in [9.17, 15) is 9.18 Å². The van der Waals surface area contributed by atoms with E-state index in [1.165, 1.54) is 13.2 Å². The topological polar surface area (TPSA) is 50.8 Å². The maximum Gasteiger partial charge on any atom is 0.225 e. The summed E-state index contributed by atoms with van der Waals surface area (Å²) in [6.07, 6.45) is 0.253. The van der Waals surface area contributed by atoms with Crippen molar-refractivity contribution in [1.29, 1.82) is 0 Å². The minimum atomic E-state index is -0.421. The maximum absolute atomic E-state index is 13.6. The van der Waals surface area contributed by atoms with Gasteiger partial charge in [0.2, 0.25) is 5.91 Å². The Kier molecular flexibility index (Phi) is 5.52. The number of morpholine rings is 1. The van der Waals surface area contributed by atoms with E-state index in [0.717, 1.165) is 12.1 Å². The molecule has 0 bridgehead atoms. The van der Waals surface area contributed by atoms with Gasteiger partial charge in [-0.3, -0.25) is 4.79 Å². The molecule has 1 N–H and O–H groups in total. The Bertz CT molecular complexity index is 490. The molecule has 0 saturated carbocycles. The lowest BCUT2D eigenvalue weighted by atomic mass is 10.1. The van der Waals surface area contributed by atoms with Crippen molar-refractivity contribution in [2.75, 3.05) is 33.9 Å². The third-order valence-electron chi connectivity index (χ3n) is 3.47. The second-order valence-electron chi connectivity index (χ2n) is 5.12. The Morgan fingerprint density at radius 2 is 2.38 bits per heavy atom. The predicted octanol–water partition coefficient (Wildman–Crippen LogP) is 1.17. The van der Waals surface area contributed by atoms with Gasteiger partial charge in [0.05, 0.1) is 26.2 Å². The molecule has 1 saturated heterocycles. The molecule has 116 valence electrons. The largest absolute Gasteiger partial charge is 0.494 e. The van der Waals surface area contributed by atoms with E-state index >= 15 is 0 Å². The van der Waals surface area contributed by atoms with Crippen LogP contribution in [0.15, 0.2) is 18.2 Å². The van der Waals surface area contributed by atoms with Gasteiger partial charge in [-0.15, -0.1) is 0 Å². The number of amides is 1. The fourth-order valence-corrected chi connectivity index (χ4v) is 2.27. The van der Waals surface area contributed by atoms with E-state index < -0.39 is 5.82 Å². The quantitative estimate of drug-likeness (QED) is 0.886. The molecule has 1 heterocycles. The number of rotatable bonds is 5. The number of carbonyl (C=O) groups excluding carboxylic acids is 1. The molecule has 5 nitrogen and oxygen atoms in total. The van der Waals surface area contributed by atoms with Crippen molar-refractivity contribution in [1.82, 2.24) is 10.2 Å². The number of methoxy groups -OCH3 is 1. The average molecular weight is 296 g/mol. The first-order valence-corrected chi connectivity index (χ1v) is 6.99. The van der Waals surface area contributed by atoms with Gasteiger partial charge in [0.25, 0.3) is 0 Å². The van der Waals surface area contributed by atoms with Gasteiger partial charge in [0.15, 0.2) is 11.6 Å². The van der Waals surface area contributed by atoms with Gasteiger partial charge in [-0.05, 0) is 17.7 Å².